The van der Waals surface area contributed by atoms with Crippen molar-refractivity contribution < 1.29 is 19.1 Å². The number of carbonyl (C=O) groups excluding carboxylic acids is 3. The lowest BCUT2D eigenvalue weighted by atomic mass is 9.96. The van der Waals surface area contributed by atoms with Gasteiger partial charge in [-0.2, -0.15) is 0 Å². The van der Waals surface area contributed by atoms with Crippen LogP contribution in [0.5, 0.6) is 0 Å². The molecule has 0 unspecified atom stereocenters. The van der Waals surface area contributed by atoms with Crippen molar-refractivity contribution in [1.29, 1.82) is 0 Å². The maximum atomic E-state index is 12.5. The Kier molecular flexibility index (Phi) is 7.46. The third kappa shape index (κ3) is 6.01. The lowest BCUT2D eigenvalue weighted by molar-refractivity contribution is -0.134. The first-order valence-electron chi connectivity index (χ1n) is 10.4. The second kappa shape index (κ2) is 9.92. The Morgan fingerprint density at radius 3 is 2.44 bits per heavy atom. The highest BCUT2D eigenvalue weighted by atomic mass is 35.5. The number of nitrogens with one attached hydrogen (secondary N) is 1. The van der Waals surface area contributed by atoms with Gasteiger partial charge in [0.25, 0.3) is 5.91 Å². The molecule has 1 aromatic carbocycles. The van der Waals surface area contributed by atoms with Crippen molar-refractivity contribution in [2.75, 3.05) is 43.0 Å². The van der Waals surface area contributed by atoms with E-state index in [1.54, 1.807) is 17.9 Å². The number of amides is 2. The zero-order chi connectivity index (χ0) is 23.5. The Labute approximate surface area is 197 Å². The van der Waals surface area contributed by atoms with E-state index in [1.807, 2.05) is 45.0 Å². The molecule has 2 heterocycles. The predicted octanol–water partition coefficient (Wildman–Crippen LogP) is 4.20. The maximum absolute atomic E-state index is 12.5. The quantitative estimate of drug-likeness (QED) is 0.653. The Morgan fingerprint density at radius 2 is 1.81 bits per heavy atom. The van der Waals surface area contributed by atoms with Gasteiger partial charge >= 0.3 is 5.97 Å². The molecule has 0 spiro atoms. The van der Waals surface area contributed by atoms with Gasteiger partial charge in [-0.25, -0.2) is 4.79 Å². The van der Waals surface area contributed by atoms with Crippen LogP contribution in [0.15, 0.2) is 30.3 Å². The van der Waals surface area contributed by atoms with Gasteiger partial charge in [0.1, 0.15) is 4.88 Å². The third-order valence-electron chi connectivity index (χ3n) is 5.15. The van der Waals surface area contributed by atoms with E-state index in [2.05, 4.69) is 10.2 Å². The molecule has 9 heteroatoms. The summed E-state index contributed by atoms with van der Waals surface area (Å²) in [6.07, 6.45) is 0. The highest BCUT2D eigenvalue weighted by Gasteiger charge is 2.25. The first kappa shape index (κ1) is 24.1. The summed E-state index contributed by atoms with van der Waals surface area (Å²) in [4.78, 5) is 41.5. The second-order valence-corrected chi connectivity index (χ2v) is 10.2. The van der Waals surface area contributed by atoms with Gasteiger partial charge in [0.2, 0.25) is 5.91 Å². The lowest BCUT2D eigenvalue weighted by Gasteiger charge is -2.36. The number of ether oxygens (including phenoxy) is 1. The molecular formula is C23H28ClN3O4S. The van der Waals surface area contributed by atoms with E-state index in [4.69, 9.17) is 16.3 Å². The Morgan fingerprint density at radius 1 is 1.12 bits per heavy atom. The summed E-state index contributed by atoms with van der Waals surface area (Å²) in [6, 6.07) is 9.37. The molecule has 1 aliphatic heterocycles. The number of esters is 1. The minimum atomic E-state index is -0.560. The van der Waals surface area contributed by atoms with Crippen LogP contribution < -0.4 is 10.2 Å². The van der Waals surface area contributed by atoms with Gasteiger partial charge in [-0.15, -0.1) is 11.3 Å². The number of carbonyl (C=O) groups is 3. The molecule has 1 aromatic heterocycles. The summed E-state index contributed by atoms with van der Waals surface area (Å²) in [5, 5.41) is 4.08. The molecule has 32 heavy (non-hydrogen) atoms. The van der Waals surface area contributed by atoms with E-state index in [0.29, 0.717) is 46.6 Å². The number of hydrogen-bond donors (Lipinski definition) is 1. The zero-order valence-corrected chi connectivity index (χ0v) is 20.3. The molecule has 3 rings (SSSR count). The number of nitrogens with zero attached hydrogens (tertiary/aromatic N) is 2. The van der Waals surface area contributed by atoms with Gasteiger partial charge in [-0.05, 0) is 36.8 Å². The van der Waals surface area contributed by atoms with Gasteiger partial charge in [0.15, 0.2) is 6.61 Å². The van der Waals surface area contributed by atoms with E-state index in [1.165, 1.54) is 0 Å². The number of halogens is 1. The van der Waals surface area contributed by atoms with Crippen LogP contribution in [-0.4, -0.2) is 55.5 Å². The fraction of sp³-hybridized carbons (Fsp3) is 0.435. The average molecular weight is 478 g/mol. The highest BCUT2D eigenvalue weighted by molar-refractivity contribution is 7.18. The molecule has 172 valence electrons. The van der Waals surface area contributed by atoms with Crippen LogP contribution in [0.1, 0.15) is 36.0 Å². The standard InChI is InChI=1S/C23H28ClN3O4S/c1-15-12-18(25-22(30)23(2,3)4)32-20(15)21(29)31-14-19(28)27-10-8-26(9-11-27)17-7-5-6-16(24)13-17/h5-7,12-13H,8-11,14H2,1-4H3,(H,25,30). The number of hydrogen-bond acceptors (Lipinski definition) is 6. The molecule has 1 aliphatic rings. The van der Waals surface area contributed by atoms with Crippen molar-refractivity contribution in [3.05, 3.63) is 45.8 Å². The van der Waals surface area contributed by atoms with Gasteiger partial charge in [-0.1, -0.05) is 38.4 Å². The van der Waals surface area contributed by atoms with Gasteiger partial charge in [0.05, 0.1) is 5.00 Å². The average Bonchev–Trinajstić information content (AvgIpc) is 3.11. The summed E-state index contributed by atoms with van der Waals surface area (Å²) in [7, 11) is 0. The summed E-state index contributed by atoms with van der Waals surface area (Å²) < 4.78 is 5.27. The summed E-state index contributed by atoms with van der Waals surface area (Å²) in [5.41, 5.74) is 1.19. The van der Waals surface area contributed by atoms with Crippen LogP contribution >= 0.6 is 22.9 Å². The molecule has 2 aromatic rings. The Hall–Kier alpha value is -2.58. The molecule has 0 radical (unpaired) electrons. The number of aryl methyl sites for hydroxylation is 1. The van der Waals surface area contributed by atoms with Gasteiger partial charge < -0.3 is 19.9 Å². The molecule has 7 nitrogen and oxygen atoms in total. The van der Waals surface area contributed by atoms with Crippen molar-refractivity contribution in [2.45, 2.75) is 27.7 Å². The molecule has 1 fully saturated rings. The van der Waals surface area contributed by atoms with Crippen LogP contribution in [0.4, 0.5) is 10.7 Å². The van der Waals surface area contributed by atoms with Crippen LogP contribution in [0, 0.1) is 12.3 Å². The predicted molar refractivity (Wildman–Crippen MR) is 128 cm³/mol. The molecule has 1 N–H and O–H groups in total. The number of benzene rings is 1. The SMILES string of the molecule is Cc1cc(NC(=O)C(C)(C)C)sc1C(=O)OCC(=O)N1CCN(c2cccc(Cl)c2)CC1. The second-order valence-electron chi connectivity index (χ2n) is 8.75. The number of piperazine rings is 1. The topological polar surface area (TPSA) is 78.9 Å². The first-order valence-corrected chi connectivity index (χ1v) is 11.6. The summed E-state index contributed by atoms with van der Waals surface area (Å²) >= 11 is 7.21. The first-order chi connectivity index (χ1) is 15.0. The van der Waals surface area contributed by atoms with Crippen LogP contribution in [0.25, 0.3) is 0 Å². The maximum Gasteiger partial charge on any atom is 0.349 e. The smallest absolute Gasteiger partial charge is 0.349 e. The van der Waals surface area contributed by atoms with E-state index < -0.39 is 11.4 Å². The number of rotatable bonds is 5. The largest absolute Gasteiger partial charge is 0.451 e. The summed E-state index contributed by atoms with van der Waals surface area (Å²) in [6.45, 7) is 9.37. The van der Waals surface area contributed by atoms with E-state index >= 15 is 0 Å². The fourth-order valence-corrected chi connectivity index (χ4v) is 4.36. The summed E-state index contributed by atoms with van der Waals surface area (Å²) in [5.74, 6) is -0.917. The van der Waals surface area contributed by atoms with Crippen molar-refractivity contribution in [2.24, 2.45) is 5.41 Å². The van der Waals surface area contributed by atoms with Crippen molar-refractivity contribution in [3.63, 3.8) is 0 Å². The zero-order valence-electron chi connectivity index (χ0n) is 18.7. The minimum absolute atomic E-state index is 0.134. The molecule has 0 aliphatic carbocycles. The normalized spacial score (nSPS) is 14.3. The number of thiophene rings is 1. The van der Waals surface area contributed by atoms with Crippen LogP contribution in [0.3, 0.4) is 0 Å². The lowest BCUT2D eigenvalue weighted by Crippen LogP contribution is -2.49. The molecule has 2 amide bonds. The monoisotopic (exact) mass is 477 g/mol. The Bertz CT molecular complexity index is 1010. The highest BCUT2D eigenvalue weighted by Crippen LogP contribution is 2.29. The van der Waals surface area contributed by atoms with Crippen molar-refractivity contribution in [1.82, 2.24) is 4.90 Å². The van der Waals surface area contributed by atoms with Gasteiger partial charge in [-0.3, -0.25) is 9.59 Å². The molecule has 1 saturated heterocycles. The van der Waals surface area contributed by atoms with E-state index in [-0.39, 0.29) is 18.4 Å². The molecular weight excluding hydrogens is 450 g/mol. The van der Waals surface area contributed by atoms with Crippen molar-refractivity contribution in [3.8, 4) is 0 Å². The molecule has 0 saturated carbocycles. The van der Waals surface area contributed by atoms with Crippen LogP contribution in [-0.2, 0) is 14.3 Å². The third-order valence-corrected chi connectivity index (χ3v) is 6.52. The van der Waals surface area contributed by atoms with Crippen molar-refractivity contribution >= 4 is 51.4 Å². The fourth-order valence-electron chi connectivity index (χ4n) is 3.22. The molecule has 0 atom stereocenters. The van der Waals surface area contributed by atoms with Crippen LogP contribution in [0.2, 0.25) is 5.02 Å². The minimum Gasteiger partial charge on any atom is -0.451 e. The number of anilines is 2. The van der Waals surface area contributed by atoms with Gasteiger partial charge in [0, 0.05) is 42.3 Å². The Balaban J connectivity index is 1.50. The van der Waals surface area contributed by atoms with E-state index in [0.717, 1.165) is 17.0 Å². The molecule has 0 bridgehead atoms. The van der Waals surface area contributed by atoms with E-state index in [9.17, 15) is 14.4 Å².